The lowest BCUT2D eigenvalue weighted by Gasteiger charge is -2.13. The molecule has 1 aromatic heterocycles. The highest BCUT2D eigenvalue weighted by Gasteiger charge is 2.23. The SMILES string of the molecule is CCCNCc1ccc(S(=O)(=O)N(C)CCC)o1. The lowest BCUT2D eigenvalue weighted by Crippen LogP contribution is -2.27. The number of furan rings is 1. The average molecular weight is 274 g/mol. The van der Waals surface area contributed by atoms with Crippen LogP contribution in [0, 0.1) is 0 Å². The maximum Gasteiger partial charge on any atom is 0.276 e. The Labute approximate surface area is 109 Å². The van der Waals surface area contributed by atoms with E-state index in [0.29, 0.717) is 18.8 Å². The molecule has 5 nitrogen and oxygen atoms in total. The third-order valence-electron chi connectivity index (χ3n) is 2.57. The van der Waals surface area contributed by atoms with E-state index in [2.05, 4.69) is 12.2 Å². The van der Waals surface area contributed by atoms with E-state index in [9.17, 15) is 8.42 Å². The van der Waals surface area contributed by atoms with Crippen molar-refractivity contribution in [3.8, 4) is 0 Å². The molecule has 1 rings (SSSR count). The predicted molar refractivity (Wildman–Crippen MR) is 70.8 cm³/mol. The van der Waals surface area contributed by atoms with Crippen molar-refractivity contribution in [1.29, 1.82) is 0 Å². The molecule has 0 saturated heterocycles. The number of sulfonamides is 1. The lowest BCUT2D eigenvalue weighted by atomic mass is 10.4. The highest BCUT2D eigenvalue weighted by Crippen LogP contribution is 2.17. The van der Waals surface area contributed by atoms with Crippen LogP contribution in [-0.2, 0) is 16.6 Å². The molecule has 6 heteroatoms. The Balaban J connectivity index is 2.72. The van der Waals surface area contributed by atoms with E-state index in [-0.39, 0.29) is 5.09 Å². The predicted octanol–water partition coefficient (Wildman–Crippen LogP) is 1.81. The molecule has 0 aromatic carbocycles. The summed E-state index contributed by atoms with van der Waals surface area (Å²) in [5, 5.41) is 3.19. The minimum Gasteiger partial charge on any atom is -0.447 e. The fourth-order valence-corrected chi connectivity index (χ4v) is 2.75. The van der Waals surface area contributed by atoms with Crippen molar-refractivity contribution in [2.45, 2.75) is 38.3 Å². The number of hydrogen-bond acceptors (Lipinski definition) is 4. The van der Waals surface area contributed by atoms with Gasteiger partial charge >= 0.3 is 0 Å². The molecule has 1 heterocycles. The zero-order valence-electron chi connectivity index (χ0n) is 11.3. The second-order valence-electron chi connectivity index (χ2n) is 4.22. The van der Waals surface area contributed by atoms with E-state index in [1.54, 1.807) is 13.1 Å². The van der Waals surface area contributed by atoms with E-state index in [1.807, 2.05) is 6.92 Å². The summed E-state index contributed by atoms with van der Waals surface area (Å²) in [5.41, 5.74) is 0. The van der Waals surface area contributed by atoms with Gasteiger partial charge in [-0.2, -0.15) is 4.31 Å². The first-order chi connectivity index (χ1) is 8.52. The van der Waals surface area contributed by atoms with Gasteiger partial charge in [-0.25, -0.2) is 8.42 Å². The molecular formula is C12H22N2O3S. The summed E-state index contributed by atoms with van der Waals surface area (Å²) in [6, 6.07) is 3.22. The van der Waals surface area contributed by atoms with E-state index in [1.165, 1.54) is 10.4 Å². The Morgan fingerprint density at radius 3 is 2.61 bits per heavy atom. The van der Waals surface area contributed by atoms with Crippen LogP contribution in [0.4, 0.5) is 0 Å². The second kappa shape index (κ2) is 6.92. The Hall–Kier alpha value is -0.850. The quantitative estimate of drug-likeness (QED) is 0.734. The van der Waals surface area contributed by atoms with Crippen molar-refractivity contribution in [2.24, 2.45) is 0 Å². The first kappa shape index (κ1) is 15.2. The van der Waals surface area contributed by atoms with E-state index < -0.39 is 10.0 Å². The van der Waals surface area contributed by atoms with Crippen molar-refractivity contribution in [3.05, 3.63) is 17.9 Å². The molecule has 104 valence electrons. The summed E-state index contributed by atoms with van der Waals surface area (Å²) in [5.74, 6) is 0.645. The van der Waals surface area contributed by atoms with Crippen LogP contribution in [0.15, 0.2) is 21.6 Å². The zero-order chi connectivity index (χ0) is 13.6. The summed E-state index contributed by atoms with van der Waals surface area (Å²) in [4.78, 5) is 0. The molecule has 0 saturated carbocycles. The Morgan fingerprint density at radius 1 is 1.28 bits per heavy atom. The first-order valence-corrected chi connectivity index (χ1v) is 7.72. The summed E-state index contributed by atoms with van der Waals surface area (Å²) >= 11 is 0. The van der Waals surface area contributed by atoms with E-state index in [0.717, 1.165) is 19.4 Å². The summed E-state index contributed by atoms with van der Waals surface area (Å²) < 4.78 is 30.8. The van der Waals surface area contributed by atoms with Gasteiger partial charge in [-0.3, -0.25) is 0 Å². The van der Waals surface area contributed by atoms with Gasteiger partial charge in [-0.05, 0) is 31.5 Å². The highest BCUT2D eigenvalue weighted by molar-refractivity contribution is 7.89. The van der Waals surface area contributed by atoms with E-state index in [4.69, 9.17) is 4.42 Å². The van der Waals surface area contributed by atoms with Crippen LogP contribution in [0.3, 0.4) is 0 Å². The standard InChI is InChI=1S/C12H22N2O3S/c1-4-8-13-10-11-6-7-12(17-11)18(15,16)14(3)9-5-2/h6-7,13H,4-5,8-10H2,1-3H3. The van der Waals surface area contributed by atoms with Crippen molar-refractivity contribution < 1.29 is 12.8 Å². The molecule has 0 aliphatic heterocycles. The van der Waals surface area contributed by atoms with Gasteiger partial charge in [0, 0.05) is 13.6 Å². The van der Waals surface area contributed by atoms with Gasteiger partial charge in [-0.15, -0.1) is 0 Å². The number of nitrogens with one attached hydrogen (secondary N) is 1. The number of rotatable bonds is 8. The van der Waals surface area contributed by atoms with Crippen molar-refractivity contribution in [3.63, 3.8) is 0 Å². The molecule has 0 amide bonds. The Bertz CT molecular complexity index is 454. The number of nitrogens with zero attached hydrogens (tertiary/aromatic N) is 1. The first-order valence-electron chi connectivity index (χ1n) is 6.28. The van der Waals surface area contributed by atoms with Crippen LogP contribution in [0.25, 0.3) is 0 Å². The molecule has 0 spiro atoms. The molecule has 1 N–H and O–H groups in total. The normalized spacial score (nSPS) is 12.2. The van der Waals surface area contributed by atoms with Gasteiger partial charge < -0.3 is 9.73 Å². The van der Waals surface area contributed by atoms with Crippen molar-refractivity contribution in [2.75, 3.05) is 20.1 Å². The van der Waals surface area contributed by atoms with Gasteiger partial charge in [0.15, 0.2) is 0 Å². The molecule has 0 unspecified atom stereocenters. The van der Waals surface area contributed by atoms with Crippen LogP contribution < -0.4 is 5.32 Å². The van der Waals surface area contributed by atoms with Crippen molar-refractivity contribution in [1.82, 2.24) is 9.62 Å². The summed E-state index contributed by atoms with van der Waals surface area (Å²) in [7, 11) is -1.91. The van der Waals surface area contributed by atoms with Gasteiger partial charge in [-0.1, -0.05) is 13.8 Å². The number of hydrogen-bond donors (Lipinski definition) is 1. The van der Waals surface area contributed by atoms with Crippen LogP contribution in [0.5, 0.6) is 0 Å². The third kappa shape index (κ3) is 3.83. The van der Waals surface area contributed by atoms with E-state index >= 15 is 0 Å². The van der Waals surface area contributed by atoms with Crippen molar-refractivity contribution >= 4 is 10.0 Å². The molecular weight excluding hydrogens is 252 g/mol. The molecule has 0 aliphatic carbocycles. The van der Waals surface area contributed by atoms with Crippen LogP contribution in [0.1, 0.15) is 32.4 Å². The third-order valence-corrected chi connectivity index (χ3v) is 4.30. The topological polar surface area (TPSA) is 62.6 Å². The molecule has 18 heavy (non-hydrogen) atoms. The molecule has 0 fully saturated rings. The van der Waals surface area contributed by atoms with Gasteiger partial charge in [0.1, 0.15) is 5.76 Å². The maximum atomic E-state index is 12.1. The zero-order valence-corrected chi connectivity index (χ0v) is 12.1. The molecule has 0 radical (unpaired) electrons. The smallest absolute Gasteiger partial charge is 0.276 e. The average Bonchev–Trinajstić information content (AvgIpc) is 2.79. The Morgan fingerprint density at radius 2 is 2.00 bits per heavy atom. The Kier molecular flexibility index (Phi) is 5.84. The monoisotopic (exact) mass is 274 g/mol. The van der Waals surface area contributed by atoms with Gasteiger partial charge in [0.2, 0.25) is 5.09 Å². The maximum absolute atomic E-state index is 12.1. The van der Waals surface area contributed by atoms with Gasteiger partial charge in [0.05, 0.1) is 6.54 Å². The minimum atomic E-state index is -3.47. The molecule has 0 aliphatic rings. The fourth-order valence-electron chi connectivity index (χ4n) is 1.57. The summed E-state index contributed by atoms with van der Waals surface area (Å²) in [6.45, 7) is 5.95. The lowest BCUT2D eigenvalue weighted by molar-refractivity contribution is 0.380. The van der Waals surface area contributed by atoms with Gasteiger partial charge in [0.25, 0.3) is 10.0 Å². The van der Waals surface area contributed by atoms with Crippen LogP contribution in [0.2, 0.25) is 0 Å². The van der Waals surface area contributed by atoms with Crippen LogP contribution in [-0.4, -0.2) is 32.9 Å². The van der Waals surface area contributed by atoms with Crippen LogP contribution >= 0.6 is 0 Å². The summed E-state index contributed by atoms with van der Waals surface area (Å²) in [6.07, 6.45) is 1.81. The molecule has 0 atom stereocenters. The molecule has 0 bridgehead atoms. The minimum absolute atomic E-state index is 0.0201. The largest absolute Gasteiger partial charge is 0.447 e. The second-order valence-corrected chi connectivity index (χ2v) is 6.20. The highest BCUT2D eigenvalue weighted by atomic mass is 32.2. The fraction of sp³-hybridized carbons (Fsp3) is 0.667. The molecule has 1 aromatic rings.